The van der Waals surface area contributed by atoms with Crippen molar-refractivity contribution in [3.05, 3.63) is 24.3 Å². The summed E-state index contributed by atoms with van der Waals surface area (Å²) < 4.78 is 5.11. The predicted octanol–water partition coefficient (Wildman–Crippen LogP) is 0.339. The van der Waals surface area contributed by atoms with Crippen LogP contribution in [0.15, 0.2) is 24.3 Å². The number of benzene rings is 1. The zero-order chi connectivity index (χ0) is 13.1. The van der Waals surface area contributed by atoms with Gasteiger partial charge in [-0.1, -0.05) is 6.07 Å². The van der Waals surface area contributed by atoms with Crippen molar-refractivity contribution in [2.24, 2.45) is 0 Å². The van der Waals surface area contributed by atoms with Crippen molar-refractivity contribution in [2.75, 3.05) is 25.6 Å². The molecule has 0 radical (unpaired) electrons. The van der Waals surface area contributed by atoms with Gasteiger partial charge in [0.1, 0.15) is 11.8 Å². The number of carbonyl (C=O) groups is 2. The Morgan fingerprint density at radius 2 is 2.33 bits per heavy atom. The number of ether oxygens (including phenoxy) is 1. The summed E-state index contributed by atoms with van der Waals surface area (Å²) in [4.78, 5) is 24.8. The van der Waals surface area contributed by atoms with Crippen LogP contribution in [-0.4, -0.2) is 38.7 Å². The zero-order valence-electron chi connectivity index (χ0n) is 10.3. The van der Waals surface area contributed by atoms with E-state index in [2.05, 4.69) is 10.6 Å². The van der Waals surface area contributed by atoms with Crippen LogP contribution < -0.4 is 20.3 Å². The van der Waals surface area contributed by atoms with Gasteiger partial charge in [-0.25, -0.2) is 4.79 Å². The third-order valence-corrected chi connectivity index (χ3v) is 2.84. The van der Waals surface area contributed by atoms with E-state index < -0.39 is 6.04 Å². The normalized spacial score (nSPS) is 18.4. The lowest BCUT2D eigenvalue weighted by molar-refractivity contribution is -0.121. The van der Waals surface area contributed by atoms with Gasteiger partial charge in [-0.05, 0) is 12.1 Å². The molecule has 1 aliphatic rings. The Bertz CT molecular complexity index is 475. The van der Waals surface area contributed by atoms with Crippen molar-refractivity contribution in [2.45, 2.75) is 6.04 Å². The molecule has 0 bridgehead atoms. The number of rotatable bonds is 3. The first-order valence-corrected chi connectivity index (χ1v) is 5.59. The molecular formula is C12H15N3O3. The summed E-state index contributed by atoms with van der Waals surface area (Å²) in [5, 5.41) is 5.14. The highest BCUT2D eigenvalue weighted by molar-refractivity contribution is 6.00. The molecule has 0 saturated carbocycles. The van der Waals surface area contributed by atoms with E-state index in [1.807, 2.05) is 0 Å². The second-order valence-electron chi connectivity index (χ2n) is 3.93. The molecule has 1 atom stereocenters. The number of nitrogens with one attached hydrogen (secondary N) is 2. The molecule has 0 spiro atoms. The van der Waals surface area contributed by atoms with Crippen LogP contribution in [0.4, 0.5) is 10.5 Å². The van der Waals surface area contributed by atoms with E-state index in [0.717, 1.165) is 0 Å². The lowest BCUT2D eigenvalue weighted by atomic mass is 10.2. The van der Waals surface area contributed by atoms with Crippen LogP contribution in [0, 0.1) is 0 Å². The molecule has 1 aromatic rings. The third-order valence-electron chi connectivity index (χ3n) is 2.84. The average molecular weight is 249 g/mol. The Labute approximate surface area is 105 Å². The summed E-state index contributed by atoms with van der Waals surface area (Å²) in [5.41, 5.74) is 0.707. The molecule has 1 unspecified atom stereocenters. The van der Waals surface area contributed by atoms with Crippen LogP contribution >= 0.6 is 0 Å². The van der Waals surface area contributed by atoms with Gasteiger partial charge in [-0.3, -0.25) is 9.69 Å². The van der Waals surface area contributed by atoms with Gasteiger partial charge in [0.05, 0.1) is 13.7 Å². The molecule has 1 saturated heterocycles. The van der Waals surface area contributed by atoms with Gasteiger partial charge in [-0.2, -0.15) is 0 Å². The molecule has 1 aromatic carbocycles. The number of anilines is 1. The fourth-order valence-corrected chi connectivity index (χ4v) is 1.86. The van der Waals surface area contributed by atoms with Gasteiger partial charge in [0.15, 0.2) is 0 Å². The second kappa shape index (κ2) is 4.95. The minimum absolute atomic E-state index is 0.200. The standard InChI is InChI=1S/C12H15N3O3/c1-13-11(16)10-7-15(12(17)14-10)8-4-3-5-9(6-8)18-2/h3-6,10H,7H2,1-2H3,(H,13,16)(H,14,17). The highest BCUT2D eigenvalue weighted by atomic mass is 16.5. The Hall–Kier alpha value is -2.24. The third kappa shape index (κ3) is 2.22. The summed E-state index contributed by atoms with van der Waals surface area (Å²) in [5.74, 6) is 0.470. The zero-order valence-corrected chi connectivity index (χ0v) is 10.3. The molecule has 18 heavy (non-hydrogen) atoms. The SMILES string of the molecule is CNC(=O)C1CN(c2cccc(OC)c2)C(=O)N1. The minimum atomic E-state index is -0.520. The number of urea groups is 1. The second-order valence-corrected chi connectivity index (χ2v) is 3.93. The van der Waals surface area contributed by atoms with Crippen LogP contribution in [-0.2, 0) is 4.79 Å². The molecule has 2 rings (SSSR count). The molecule has 6 nitrogen and oxygen atoms in total. The van der Waals surface area contributed by atoms with E-state index in [1.54, 1.807) is 38.4 Å². The molecule has 1 heterocycles. The number of nitrogens with zero attached hydrogens (tertiary/aromatic N) is 1. The number of likely N-dealkylation sites (N-methyl/N-ethyl adjacent to an activating group) is 1. The molecule has 96 valence electrons. The van der Waals surface area contributed by atoms with Gasteiger partial charge >= 0.3 is 6.03 Å². The van der Waals surface area contributed by atoms with Crippen molar-refractivity contribution in [1.29, 1.82) is 0 Å². The van der Waals surface area contributed by atoms with Gasteiger partial charge in [-0.15, -0.1) is 0 Å². The Kier molecular flexibility index (Phi) is 3.36. The van der Waals surface area contributed by atoms with Crippen LogP contribution in [0.3, 0.4) is 0 Å². The van der Waals surface area contributed by atoms with E-state index in [9.17, 15) is 9.59 Å². The number of carbonyl (C=O) groups excluding carboxylic acids is 2. The highest BCUT2D eigenvalue weighted by Gasteiger charge is 2.33. The van der Waals surface area contributed by atoms with Gasteiger partial charge in [0.25, 0.3) is 0 Å². The van der Waals surface area contributed by atoms with E-state index >= 15 is 0 Å². The molecule has 1 aliphatic heterocycles. The summed E-state index contributed by atoms with van der Waals surface area (Å²) >= 11 is 0. The fraction of sp³-hybridized carbons (Fsp3) is 0.333. The predicted molar refractivity (Wildman–Crippen MR) is 66.7 cm³/mol. The maximum atomic E-state index is 11.8. The largest absolute Gasteiger partial charge is 0.497 e. The number of methoxy groups -OCH3 is 1. The molecule has 1 fully saturated rings. The molecule has 3 amide bonds. The van der Waals surface area contributed by atoms with Gasteiger partial charge in [0.2, 0.25) is 5.91 Å². The minimum Gasteiger partial charge on any atom is -0.497 e. The first-order chi connectivity index (χ1) is 8.65. The van der Waals surface area contributed by atoms with Crippen molar-refractivity contribution in [1.82, 2.24) is 10.6 Å². The highest BCUT2D eigenvalue weighted by Crippen LogP contribution is 2.23. The Morgan fingerprint density at radius 3 is 3.00 bits per heavy atom. The number of hydrogen-bond donors (Lipinski definition) is 2. The van der Waals surface area contributed by atoms with E-state index in [1.165, 1.54) is 4.90 Å². The first-order valence-electron chi connectivity index (χ1n) is 5.59. The maximum absolute atomic E-state index is 11.8. The molecule has 2 N–H and O–H groups in total. The van der Waals surface area contributed by atoms with Crippen LogP contribution in [0.1, 0.15) is 0 Å². The van der Waals surface area contributed by atoms with Crippen molar-refractivity contribution >= 4 is 17.6 Å². The van der Waals surface area contributed by atoms with Gasteiger partial charge in [0, 0.05) is 18.8 Å². The monoisotopic (exact) mass is 249 g/mol. The van der Waals surface area contributed by atoms with E-state index in [-0.39, 0.29) is 11.9 Å². The van der Waals surface area contributed by atoms with Crippen molar-refractivity contribution in [3.63, 3.8) is 0 Å². The molecule has 0 aromatic heterocycles. The summed E-state index contributed by atoms with van der Waals surface area (Å²) in [6.45, 7) is 0.311. The van der Waals surface area contributed by atoms with Crippen LogP contribution in [0.25, 0.3) is 0 Å². The quantitative estimate of drug-likeness (QED) is 0.811. The van der Waals surface area contributed by atoms with Crippen molar-refractivity contribution < 1.29 is 14.3 Å². The van der Waals surface area contributed by atoms with E-state index in [4.69, 9.17) is 4.74 Å². The smallest absolute Gasteiger partial charge is 0.322 e. The van der Waals surface area contributed by atoms with Crippen LogP contribution in [0.5, 0.6) is 5.75 Å². The first kappa shape index (κ1) is 12.2. The lowest BCUT2D eigenvalue weighted by Gasteiger charge is -2.15. The summed E-state index contributed by atoms with van der Waals surface area (Å²) in [6.07, 6.45) is 0. The topological polar surface area (TPSA) is 70.7 Å². The average Bonchev–Trinajstić information content (AvgIpc) is 2.80. The maximum Gasteiger partial charge on any atom is 0.322 e. The summed E-state index contributed by atoms with van der Waals surface area (Å²) in [6, 6.07) is 6.35. The lowest BCUT2D eigenvalue weighted by Crippen LogP contribution is -2.41. The molecule has 6 heteroatoms. The number of amides is 3. The molecular weight excluding hydrogens is 234 g/mol. The number of hydrogen-bond acceptors (Lipinski definition) is 3. The summed E-state index contributed by atoms with van der Waals surface area (Å²) in [7, 11) is 3.11. The van der Waals surface area contributed by atoms with E-state index in [0.29, 0.717) is 18.0 Å². The Balaban J connectivity index is 2.18. The van der Waals surface area contributed by atoms with Gasteiger partial charge < -0.3 is 15.4 Å². The van der Waals surface area contributed by atoms with Crippen molar-refractivity contribution in [3.8, 4) is 5.75 Å². The van der Waals surface area contributed by atoms with Crippen LogP contribution in [0.2, 0.25) is 0 Å². The fourth-order valence-electron chi connectivity index (χ4n) is 1.86. The molecule has 0 aliphatic carbocycles. The Morgan fingerprint density at radius 1 is 1.56 bits per heavy atom.